The lowest BCUT2D eigenvalue weighted by atomic mass is 10.2. The predicted octanol–water partition coefficient (Wildman–Crippen LogP) is 4.37. The molecule has 13 nitrogen and oxygen atoms in total. The first-order chi connectivity index (χ1) is 21.7. The van der Waals surface area contributed by atoms with E-state index >= 15 is 0 Å². The SMILES string of the molecule is CCc1c(N2CCN(C(=O)OC(C)(C)C)CC2)c(=O)n2nc(C3=CCCCO3)nc2n1CC(=O)Nc1ccc(C(F)(F)F)nc1Cl. The van der Waals surface area contributed by atoms with Gasteiger partial charge in [0, 0.05) is 26.2 Å². The second-order valence-electron chi connectivity index (χ2n) is 11.8. The van der Waals surface area contributed by atoms with Crippen LogP contribution in [-0.4, -0.2) is 79.4 Å². The molecule has 0 unspecified atom stereocenters. The number of nitrogens with one attached hydrogen (secondary N) is 1. The molecule has 0 radical (unpaired) electrons. The van der Waals surface area contributed by atoms with Gasteiger partial charge in [-0.2, -0.15) is 22.7 Å². The van der Waals surface area contributed by atoms with Crippen LogP contribution in [-0.2, 0) is 33.4 Å². The Labute approximate surface area is 266 Å². The number of anilines is 2. The third kappa shape index (κ3) is 7.06. The highest BCUT2D eigenvalue weighted by atomic mass is 35.5. The average molecular weight is 667 g/mol. The molecule has 0 aromatic carbocycles. The van der Waals surface area contributed by atoms with Gasteiger partial charge in [0.15, 0.2) is 10.9 Å². The van der Waals surface area contributed by atoms with Gasteiger partial charge in [-0.15, -0.1) is 5.10 Å². The van der Waals surface area contributed by atoms with Gasteiger partial charge in [0.05, 0.1) is 18.0 Å². The van der Waals surface area contributed by atoms with E-state index in [4.69, 9.17) is 21.1 Å². The highest BCUT2D eigenvalue weighted by Crippen LogP contribution is 2.31. The lowest BCUT2D eigenvalue weighted by Gasteiger charge is -2.37. The molecule has 3 aromatic heterocycles. The standard InChI is InChI=1S/C29H34ClF3N8O5/c1-5-18-22(38-11-13-39(14-12-38)27(44)46-28(2,3)4)25(43)41-26(36-24(37-41)19-8-6-7-15-45-19)40(18)16-21(42)34-17-9-10-20(29(31,32)33)35-23(17)30/h8-10H,5-7,11-16H2,1-4H3,(H,34,42). The number of carbonyl (C=O) groups excluding carboxylic acids is 2. The van der Waals surface area contributed by atoms with Crippen molar-refractivity contribution in [1.29, 1.82) is 0 Å². The van der Waals surface area contributed by atoms with Crippen molar-refractivity contribution in [3.8, 4) is 0 Å². The zero-order valence-corrected chi connectivity index (χ0v) is 26.5. The first-order valence-electron chi connectivity index (χ1n) is 14.8. The third-order valence-electron chi connectivity index (χ3n) is 7.28. The number of aromatic nitrogens is 5. The van der Waals surface area contributed by atoms with Gasteiger partial charge < -0.3 is 29.2 Å². The molecule has 17 heteroatoms. The Morgan fingerprint density at radius 1 is 1.11 bits per heavy atom. The van der Waals surface area contributed by atoms with Crippen molar-refractivity contribution in [2.24, 2.45) is 0 Å². The molecule has 0 atom stereocenters. The van der Waals surface area contributed by atoms with Crippen LogP contribution in [0.3, 0.4) is 0 Å². The number of alkyl halides is 3. The molecule has 1 N–H and O–H groups in total. The van der Waals surface area contributed by atoms with Gasteiger partial charge in [0.2, 0.25) is 17.5 Å². The molecular weight excluding hydrogens is 633 g/mol. The fraction of sp³-hybridized carbons (Fsp3) is 0.517. The van der Waals surface area contributed by atoms with Crippen LogP contribution in [0.2, 0.25) is 5.15 Å². The zero-order chi connectivity index (χ0) is 33.4. The highest BCUT2D eigenvalue weighted by Gasteiger charge is 2.34. The molecule has 0 bridgehead atoms. The summed E-state index contributed by atoms with van der Waals surface area (Å²) < 4.78 is 53.1. The number of rotatable bonds is 6. The summed E-state index contributed by atoms with van der Waals surface area (Å²) in [6.07, 6.45) is -1.45. The van der Waals surface area contributed by atoms with Crippen molar-refractivity contribution in [3.05, 3.63) is 50.9 Å². The van der Waals surface area contributed by atoms with E-state index in [1.807, 2.05) is 17.9 Å². The molecule has 46 heavy (non-hydrogen) atoms. The maximum atomic E-state index is 14.0. The van der Waals surface area contributed by atoms with Gasteiger partial charge in [-0.3, -0.25) is 9.59 Å². The molecule has 5 heterocycles. The van der Waals surface area contributed by atoms with Crippen molar-refractivity contribution < 1.29 is 32.2 Å². The topological polar surface area (TPSA) is 136 Å². The number of halogens is 4. The van der Waals surface area contributed by atoms with Gasteiger partial charge in [-0.25, -0.2) is 9.78 Å². The zero-order valence-electron chi connectivity index (χ0n) is 25.8. The van der Waals surface area contributed by atoms with Crippen molar-refractivity contribution in [1.82, 2.24) is 29.0 Å². The smallest absolute Gasteiger partial charge is 0.433 e. The number of piperazine rings is 1. The van der Waals surface area contributed by atoms with E-state index in [0.717, 1.165) is 23.4 Å². The second-order valence-corrected chi connectivity index (χ2v) is 12.1. The maximum absolute atomic E-state index is 14.0. The van der Waals surface area contributed by atoms with E-state index in [0.29, 0.717) is 56.7 Å². The maximum Gasteiger partial charge on any atom is 0.433 e. The number of pyridine rings is 1. The quantitative estimate of drug-likeness (QED) is 0.381. The Hall–Kier alpha value is -4.34. The predicted molar refractivity (Wildman–Crippen MR) is 163 cm³/mol. The molecule has 2 aliphatic heterocycles. The number of hydrogen-bond donors (Lipinski definition) is 1. The van der Waals surface area contributed by atoms with E-state index in [2.05, 4.69) is 20.4 Å². The van der Waals surface area contributed by atoms with Crippen molar-refractivity contribution in [2.45, 2.75) is 65.3 Å². The molecule has 0 aliphatic carbocycles. The molecule has 2 amide bonds. The Morgan fingerprint density at radius 2 is 1.83 bits per heavy atom. The summed E-state index contributed by atoms with van der Waals surface area (Å²) in [5.41, 5.74) is -1.66. The van der Waals surface area contributed by atoms with E-state index in [1.165, 1.54) is 4.57 Å². The molecule has 0 saturated carbocycles. The minimum Gasteiger partial charge on any atom is -0.490 e. The van der Waals surface area contributed by atoms with Crippen LogP contribution in [0.5, 0.6) is 0 Å². The van der Waals surface area contributed by atoms with Crippen LogP contribution in [0.1, 0.15) is 57.7 Å². The summed E-state index contributed by atoms with van der Waals surface area (Å²) in [7, 11) is 0. The molecule has 3 aromatic rings. The van der Waals surface area contributed by atoms with Crippen molar-refractivity contribution >= 4 is 46.5 Å². The van der Waals surface area contributed by atoms with Crippen LogP contribution in [0.25, 0.3) is 11.5 Å². The van der Waals surface area contributed by atoms with Gasteiger partial charge in [-0.1, -0.05) is 18.5 Å². The Balaban J connectivity index is 1.51. The van der Waals surface area contributed by atoms with Crippen molar-refractivity contribution in [2.75, 3.05) is 43.0 Å². The summed E-state index contributed by atoms with van der Waals surface area (Å²) in [6, 6.07) is 1.74. The van der Waals surface area contributed by atoms with Crippen LogP contribution in [0.15, 0.2) is 23.0 Å². The molecule has 0 spiro atoms. The molecular formula is C29H34ClF3N8O5. The number of hydrogen-bond acceptors (Lipinski definition) is 9. The van der Waals surface area contributed by atoms with Crippen LogP contribution in [0.4, 0.5) is 29.3 Å². The molecule has 1 saturated heterocycles. The van der Waals surface area contributed by atoms with Gasteiger partial charge in [0.25, 0.3) is 5.56 Å². The normalized spacial score (nSPS) is 15.9. The number of fused-ring (bicyclic) bond motifs is 1. The number of amides is 2. The molecule has 1 fully saturated rings. The minimum atomic E-state index is -4.71. The average Bonchev–Trinajstić information content (AvgIpc) is 3.45. The number of carbonyl (C=O) groups is 2. The van der Waals surface area contributed by atoms with E-state index in [-0.39, 0.29) is 29.5 Å². The van der Waals surface area contributed by atoms with E-state index in [1.54, 1.807) is 25.7 Å². The summed E-state index contributed by atoms with van der Waals surface area (Å²) in [5, 5.41) is 6.43. The second kappa shape index (κ2) is 12.8. The third-order valence-corrected chi connectivity index (χ3v) is 7.57. The van der Waals surface area contributed by atoms with Crippen LogP contribution >= 0.6 is 11.6 Å². The Morgan fingerprint density at radius 3 is 2.41 bits per heavy atom. The molecule has 5 rings (SSSR count). The van der Waals surface area contributed by atoms with Crippen LogP contribution < -0.4 is 15.8 Å². The van der Waals surface area contributed by atoms with E-state index < -0.39 is 40.2 Å². The minimum absolute atomic E-state index is 0.0786. The fourth-order valence-corrected chi connectivity index (χ4v) is 5.41. The molecule has 248 valence electrons. The monoisotopic (exact) mass is 666 g/mol. The lowest BCUT2D eigenvalue weighted by Crippen LogP contribution is -2.51. The van der Waals surface area contributed by atoms with Crippen LogP contribution in [0, 0.1) is 0 Å². The summed E-state index contributed by atoms with van der Waals surface area (Å²) in [4.78, 5) is 51.4. The van der Waals surface area contributed by atoms with Gasteiger partial charge in [0.1, 0.15) is 23.5 Å². The number of ether oxygens (including phenoxy) is 2. The first kappa shape index (κ1) is 33.0. The summed E-state index contributed by atoms with van der Waals surface area (Å²) in [5.74, 6) is 0.0189. The summed E-state index contributed by atoms with van der Waals surface area (Å²) in [6.45, 7) is 8.44. The lowest BCUT2D eigenvalue weighted by molar-refractivity contribution is -0.141. The Bertz CT molecular complexity index is 1740. The largest absolute Gasteiger partial charge is 0.490 e. The van der Waals surface area contributed by atoms with Gasteiger partial charge in [-0.05, 0) is 58.2 Å². The van der Waals surface area contributed by atoms with Gasteiger partial charge >= 0.3 is 12.3 Å². The van der Waals surface area contributed by atoms with Crippen molar-refractivity contribution in [3.63, 3.8) is 0 Å². The Kier molecular flexibility index (Phi) is 9.20. The molecule has 2 aliphatic rings. The first-order valence-corrected chi connectivity index (χ1v) is 15.2. The van der Waals surface area contributed by atoms with E-state index in [9.17, 15) is 27.6 Å². The highest BCUT2D eigenvalue weighted by molar-refractivity contribution is 6.32. The fourth-order valence-electron chi connectivity index (χ4n) is 5.20. The summed E-state index contributed by atoms with van der Waals surface area (Å²) >= 11 is 5.98. The number of nitrogens with zero attached hydrogens (tertiary/aromatic N) is 7. The number of allylic oxidation sites excluding steroid dienone is 1.